The largest absolute Gasteiger partial charge is 0.353 e. The third-order valence-electron chi connectivity index (χ3n) is 2.70. The van der Waals surface area contributed by atoms with Gasteiger partial charge in [-0.25, -0.2) is 0 Å². The normalized spacial score (nSPS) is 12.0. The summed E-state index contributed by atoms with van der Waals surface area (Å²) in [6.45, 7) is 5.14. The Hall–Kier alpha value is -1.10. The quantitative estimate of drug-likeness (QED) is 0.605. The maximum absolute atomic E-state index is 11.9. The van der Waals surface area contributed by atoms with Gasteiger partial charge >= 0.3 is 0 Å². The first-order valence-corrected chi connectivity index (χ1v) is 6.26. The minimum atomic E-state index is -0.343. The van der Waals surface area contributed by atoms with Gasteiger partial charge in [0.05, 0.1) is 0 Å². The van der Waals surface area contributed by atoms with Gasteiger partial charge in [0.1, 0.15) is 6.04 Å². The van der Waals surface area contributed by atoms with E-state index in [0.717, 1.165) is 13.0 Å². The standard InChI is InChI=1S/C12H25N3O2/c1-5-7-10(15(4)11(16)6-2)12(17)14-9-8-13-3/h10,13H,5-9H2,1-4H3,(H,14,17). The fourth-order valence-corrected chi connectivity index (χ4v) is 1.63. The van der Waals surface area contributed by atoms with Crippen LogP contribution in [0.15, 0.2) is 0 Å². The number of hydrogen-bond acceptors (Lipinski definition) is 3. The molecule has 17 heavy (non-hydrogen) atoms. The van der Waals surface area contributed by atoms with Gasteiger partial charge in [-0.05, 0) is 13.5 Å². The van der Waals surface area contributed by atoms with Gasteiger partial charge in [-0.15, -0.1) is 0 Å². The molecule has 1 atom stereocenters. The Morgan fingerprint density at radius 3 is 2.35 bits per heavy atom. The Balaban J connectivity index is 4.38. The molecule has 0 radical (unpaired) electrons. The smallest absolute Gasteiger partial charge is 0.242 e. The summed E-state index contributed by atoms with van der Waals surface area (Å²) in [6, 6.07) is -0.343. The van der Waals surface area contributed by atoms with E-state index in [1.54, 1.807) is 18.9 Å². The number of hydrogen-bond donors (Lipinski definition) is 2. The zero-order valence-corrected chi connectivity index (χ0v) is 11.4. The van der Waals surface area contributed by atoms with Crippen molar-refractivity contribution in [2.45, 2.75) is 39.2 Å². The van der Waals surface area contributed by atoms with Gasteiger partial charge in [0.2, 0.25) is 11.8 Å². The van der Waals surface area contributed by atoms with Gasteiger partial charge in [0.25, 0.3) is 0 Å². The monoisotopic (exact) mass is 243 g/mol. The molecule has 1 unspecified atom stereocenters. The molecule has 0 heterocycles. The van der Waals surface area contributed by atoms with Crippen molar-refractivity contribution >= 4 is 11.8 Å². The molecule has 0 aliphatic heterocycles. The third-order valence-corrected chi connectivity index (χ3v) is 2.70. The number of rotatable bonds is 8. The van der Waals surface area contributed by atoms with Gasteiger partial charge in [0.15, 0.2) is 0 Å². The van der Waals surface area contributed by atoms with E-state index in [1.165, 1.54) is 0 Å². The zero-order chi connectivity index (χ0) is 13.3. The van der Waals surface area contributed by atoms with E-state index in [-0.39, 0.29) is 17.9 Å². The number of nitrogens with zero attached hydrogens (tertiary/aromatic N) is 1. The molecule has 2 amide bonds. The summed E-state index contributed by atoms with van der Waals surface area (Å²) in [7, 11) is 3.53. The van der Waals surface area contributed by atoms with E-state index in [4.69, 9.17) is 0 Å². The van der Waals surface area contributed by atoms with Crippen molar-refractivity contribution in [1.29, 1.82) is 0 Å². The lowest BCUT2D eigenvalue weighted by atomic mass is 10.1. The molecular weight excluding hydrogens is 218 g/mol. The average molecular weight is 243 g/mol. The Labute approximate surface area is 104 Å². The maximum atomic E-state index is 11.9. The predicted octanol–water partition coefficient (Wildman–Crippen LogP) is 0.359. The topological polar surface area (TPSA) is 61.4 Å². The summed E-state index contributed by atoms with van der Waals surface area (Å²) < 4.78 is 0. The molecule has 5 nitrogen and oxygen atoms in total. The molecule has 0 aliphatic carbocycles. The van der Waals surface area contributed by atoms with Gasteiger partial charge in [-0.2, -0.15) is 0 Å². The van der Waals surface area contributed by atoms with Crippen LogP contribution in [0.2, 0.25) is 0 Å². The van der Waals surface area contributed by atoms with Crippen LogP contribution < -0.4 is 10.6 Å². The second-order valence-electron chi connectivity index (χ2n) is 4.06. The number of carbonyl (C=O) groups is 2. The molecule has 0 aromatic heterocycles. The highest BCUT2D eigenvalue weighted by atomic mass is 16.2. The molecule has 0 aromatic carbocycles. The molecule has 0 saturated heterocycles. The van der Waals surface area contributed by atoms with Crippen LogP contribution in [-0.4, -0.2) is 49.9 Å². The number of likely N-dealkylation sites (N-methyl/N-ethyl adjacent to an activating group) is 2. The van der Waals surface area contributed by atoms with Crippen molar-refractivity contribution < 1.29 is 9.59 Å². The summed E-state index contributed by atoms with van der Waals surface area (Å²) in [4.78, 5) is 25.1. The minimum Gasteiger partial charge on any atom is -0.353 e. The minimum absolute atomic E-state index is 0.00668. The zero-order valence-electron chi connectivity index (χ0n) is 11.4. The second kappa shape index (κ2) is 8.98. The first-order chi connectivity index (χ1) is 8.08. The van der Waals surface area contributed by atoms with Crippen LogP contribution >= 0.6 is 0 Å². The first kappa shape index (κ1) is 15.9. The molecule has 100 valence electrons. The van der Waals surface area contributed by atoms with Gasteiger partial charge in [-0.3, -0.25) is 9.59 Å². The Bertz CT molecular complexity index is 244. The van der Waals surface area contributed by atoms with Crippen LogP contribution in [0, 0.1) is 0 Å². The number of nitrogens with one attached hydrogen (secondary N) is 2. The van der Waals surface area contributed by atoms with Gasteiger partial charge in [-0.1, -0.05) is 20.3 Å². The van der Waals surface area contributed by atoms with E-state index < -0.39 is 0 Å². The van der Waals surface area contributed by atoms with Gasteiger partial charge < -0.3 is 15.5 Å². The van der Waals surface area contributed by atoms with Crippen LogP contribution in [0.25, 0.3) is 0 Å². The van der Waals surface area contributed by atoms with Crippen molar-refractivity contribution in [3.8, 4) is 0 Å². The molecule has 0 spiro atoms. The lowest BCUT2D eigenvalue weighted by Crippen LogP contribution is -2.48. The first-order valence-electron chi connectivity index (χ1n) is 6.26. The van der Waals surface area contributed by atoms with Crippen molar-refractivity contribution in [3.05, 3.63) is 0 Å². The highest BCUT2D eigenvalue weighted by Gasteiger charge is 2.24. The lowest BCUT2D eigenvalue weighted by Gasteiger charge is -2.26. The second-order valence-corrected chi connectivity index (χ2v) is 4.06. The lowest BCUT2D eigenvalue weighted by molar-refractivity contribution is -0.139. The molecule has 0 fully saturated rings. The Morgan fingerprint density at radius 1 is 1.24 bits per heavy atom. The van der Waals surface area contributed by atoms with E-state index in [9.17, 15) is 9.59 Å². The molecular formula is C12H25N3O2. The van der Waals surface area contributed by atoms with Crippen LogP contribution in [0.5, 0.6) is 0 Å². The van der Waals surface area contributed by atoms with Crippen LogP contribution in [0.1, 0.15) is 33.1 Å². The summed E-state index contributed by atoms with van der Waals surface area (Å²) in [5.74, 6) is -0.0568. The van der Waals surface area contributed by atoms with E-state index in [1.807, 2.05) is 14.0 Å². The fourth-order valence-electron chi connectivity index (χ4n) is 1.63. The van der Waals surface area contributed by atoms with Crippen LogP contribution in [0.4, 0.5) is 0 Å². The van der Waals surface area contributed by atoms with Crippen LogP contribution in [-0.2, 0) is 9.59 Å². The fraction of sp³-hybridized carbons (Fsp3) is 0.833. The SMILES string of the molecule is CCCC(C(=O)NCCNC)N(C)C(=O)CC. The number of carbonyl (C=O) groups excluding carboxylic acids is 2. The number of amides is 2. The molecule has 0 aromatic rings. The van der Waals surface area contributed by atoms with E-state index >= 15 is 0 Å². The van der Waals surface area contributed by atoms with Crippen molar-refractivity contribution in [3.63, 3.8) is 0 Å². The summed E-state index contributed by atoms with van der Waals surface area (Å²) in [5.41, 5.74) is 0. The van der Waals surface area contributed by atoms with Crippen molar-refractivity contribution in [2.75, 3.05) is 27.2 Å². The predicted molar refractivity (Wildman–Crippen MR) is 68.7 cm³/mol. The molecule has 2 N–H and O–H groups in total. The maximum Gasteiger partial charge on any atom is 0.242 e. The third kappa shape index (κ3) is 5.68. The van der Waals surface area contributed by atoms with Crippen molar-refractivity contribution in [2.24, 2.45) is 0 Å². The summed E-state index contributed by atoms with van der Waals surface area (Å²) in [6.07, 6.45) is 2.01. The summed E-state index contributed by atoms with van der Waals surface area (Å²) >= 11 is 0. The Morgan fingerprint density at radius 2 is 1.88 bits per heavy atom. The molecule has 5 heteroatoms. The Kier molecular flexibility index (Phi) is 8.40. The van der Waals surface area contributed by atoms with E-state index in [2.05, 4.69) is 10.6 Å². The molecule has 0 saturated carbocycles. The highest BCUT2D eigenvalue weighted by molar-refractivity contribution is 5.87. The molecule has 0 aliphatic rings. The van der Waals surface area contributed by atoms with Crippen molar-refractivity contribution in [1.82, 2.24) is 15.5 Å². The van der Waals surface area contributed by atoms with E-state index in [0.29, 0.717) is 19.4 Å². The van der Waals surface area contributed by atoms with Gasteiger partial charge in [0, 0.05) is 26.6 Å². The average Bonchev–Trinajstić information content (AvgIpc) is 2.34. The summed E-state index contributed by atoms with van der Waals surface area (Å²) in [5, 5.41) is 5.79. The molecule has 0 bridgehead atoms. The molecule has 0 rings (SSSR count). The highest BCUT2D eigenvalue weighted by Crippen LogP contribution is 2.07. The van der Waals surface area contributed by atoms with Crippen LogP contribution in [0.3, 0.4) is 0 Å².